The Morgan fingerprint density at radius 2 is 2.50 bits per heavy atom. The summed E-state index contributed by atoms with van der Waals surface area (Å²) in [5, 5.41) is 7.68. The summed E-state index contributed by atoms with van der Waals surface area (Å²) >= 11 is 0. The fourth-order valence-corrected chi connectivity index (χ4v) is 2.06. The van der Waals surface area contributed by atoms with Crippen LogP contribution in [0.4, 0.5) is 0 Å². The Hall–Kier alpha value is -0.940. The molecule has 90 valence electrons. The molecule has 1 aromatic heterocycles. The van der Waals surface area contributed by atoms with Gasteiger partial charge in [0.05, 0.1) is 13.2 Å². The molecule has 1 atom stereocenters. The summed E-state index contributed by atoms with van der Waals surface area (Å²) in [6.07, 6.45) is 3.90. The number of nitrogens with one attached hydrogen (secondary N) is 1. The summed E-state index contributed by atoms with van der Waals surface area (Å²) < 4.78 is 7.42. The van der Waals surface area contributed by atoms with E-state index in [4.69, 9.17) is 4.74 Å². The van der Waals surface area contributed by atoms with E-state index < -0.39 is 0 Å². The maximum absolute atomic E-state index is 5.51. The summed E-state index contributed by atoms with van der Waals surface area (Å²) in [5.41, 5.74) is 0.0861. The SMILES string of the molecule is CCn1ncnc1CNC1(C)CCCOC1. The second kappa shape index (κ2) is 4.93. The highest BCUT2D eigenvalue weighted by molar-refractivity contribution is 4.90. The number of nitrogens with zero attached hydrogens (tertiary/aromatic N) is 3. The van der Waals surface area contributed by atoms with Gasteiger partial charge in [0.2, 0.25) is 0 Å². The van der Waals surface area contributed by atoms with Gasteiger partial charge in [0, 0.05) is 18.7 Å². The standard InChI is InChI=1S/C11H20N4O/c1-3-15-10(12-9-14-15)7-13-11(2)5-4-6-16-8-11/h9,13H,3-8H2,1-2H3. The number of aromatic nitrogens is 3. The number of rotatable bonds is 4. The first kappa shape index (κ1) is 11.5. The van der Waals surface area contributed by atoms with Gasteiger partial charge in [-0.1, -0.05) is 0 Å². The van der Waals surface area contributed by atoms with E-state index in [0.717, 1.165) is 45.0 Å². The number of hydrogen-bond donors (Lipinski definition) is 1. The summed E-state index contributed by atoms with van der Waals surface area (Å²) in [5.74, 6) is 0.995. The van der Waals surface area contributed by atoms with E-state index in [1.165, 1.54) is 0 Å². The highest BCUT2D eigenvalue weighted by Gasteiger charge is 2.27. The van der Waals surface area contributed by atoms with Crippen LogP contribution in [0.1, 0.15) is 32.5 Å². The molecular weight excluding hydrogens is 204 g/mol. The molecule has 1 aliphatic rings. The minimum absolute atomic E-state index is 0.0861. The van der Waals surface area contributed by atoms with E-state index in [2.05, 4.69) is 29.2 Å². The lowest BCUT2D eigenvalue weighted by molar-refractivity contribution is 0.0273. The van der Waals surface area contributed by atoms with Crippen LogP contribution in [0.15, 0.2) is 6.33 Å². The molecule has 1 fully saturated rings. The molecule has 1 aromatic rings. The molecule has 0 saturated carbocycles. The van der Waals surface area contributed by atoms with Crippen molar-refractivity contribution in [2.75, 3.05) is 13.2 Å². The quantitative estimate of drug-likeness (QED) is 0.827. The van der Waals surface area contributed by atoms with Gasteiger partial charge in [0.1, 0.15) is 12.2 Å². The number of hydrogen-bond acceptors (Lipinski definition) is 4. The van der Waals surface area contributed by atoms with Gasteiger partial charge in [-0.3, -0.25) is 0 Å². The molecule has 2 rings (SSSR count). The Morgan fingerprint density at radius 3 is 3.19 bits per heavy atom. The Balaban J connectivity index is 1.91. The predicted octanol–water partition coefficient (Wildman–Crippen LogP) is 0.957. The summed E-state index contributed by atoms with van der Waals surface area (Å²) in [4.78, 5) is 4.25. The third-order valence-electron chi connectivity index (χ3n) is 3.11. The molecule has 1 aliphatic heterocycles. The van der Waals surface area contributed by atoms with Crippen LogP contribution in [0.2, 0.25) is 0 Å². The van der Waals surface area contributed by atoms with Crippen LogP contribution in [0.25, 0.3) is 0 Å². The molecule has 5 heteroatoms. The third kappa shape index (κ3) is 2.59. The molecular formula is C11H20N4O. The van der Waals surface area contributed by atoms with Gasteiger partial charge in [-0.25, -0.2) is 9.67 Å². The lowest BCUT2D eigenvalue weighted by atomic mass is 9.95. The van der Waals surface area contributed by atoms with Crippen molar-refractivity contribution in [2.45, 2.75) is 45.3 Å². The molecule has 1 saturated heterocycles. The first-order chi connectivity index (χ1) is 7.73. The van der Waals surface area contributed by atoms with Crippen molar-refractivity contribution in [1.82, 2.24) is 20.1 Å². The zero-order valence-electron chi connectivity index (χ0n) is 10.1. The maximum Gasteiger partial charge on any atom is 0.140 e. The normalized spacial score (nSPS) is 25.9. The molecule has 2 heterocycles. The van der Waals surface area contributed by atoms with E-state index in [1.807, 2.05) is 4.68 Å². The Morgan fingerprint density at radius 1 is 1.62 bits per heavy atom. The zero-order chi connectivity index (χ0) is 11.4. The van der Waals surface area contributed by atoms with Gasteiger partial charge in [-0.2, -0.15) is 5.10 Å². The third-order valence-corrected chi connectivity index (χ3v) is 3.11. The smallest absolute Gasteiger partial charge is 0.140 e. The van der Waals surface area contributed by atoms with Gasteiger partial charge >= 0.3 is 0 Å². The predicted molar refractivity (Wildman–Crippen MR) is 61.0 cm³/mol. The lowest BCUT2D eigenvalue weighted by Crippen LogP contribution is -2.48. The van der Waals surface area contributed by atoms with Crippen LogP contribution >= 0.6 is 0 Å². The largest absolute Gasteiger partial charge is 0.380 e. The minimum Gasteiger partial charge on any atom is -0.380 e. The van der Waals surface area contributed by atoms with Crippen molar-refractivity contribution in [1.29, 1.82) is 0 Å². The van der Waals surface area contributed by atoms with Crippen molar-refractivity contribution < 1.29 is 4.74 Å². The molecule has 0 amide bonds. The molecule has 1 N–H and O–H groups in total. The summed E-state index contributed by atoms with van der Waals surface area (Å²) in [6.45, 7) is 7.58. The van der Waals surface area contributed by atoms with Crippen molar-refractivity contribution in [3.8, 4) is 0 Å². The second-order valence-corrected chi connectivity index (χ2v) is 4.56. The van der Waals surface area contributed by atoms with Gasteiger partial charge in [-0.05, 0) is 26.7 Å². The van der Waals surface area contributed by atoms with Gasteiger partial charge in [0.15, 0.2) is 0 Å². The molecule has 5 nitrogen and oxygen atoms in total. The van der Waals surface area contributed by atoms with Crippen LogP contribution in [0.5, 0.6) is 0 Å². The fourth-order valence-electron chi connectivity index (χ4n) is 2.06. The van der Waals surface area contributed by atoms with E-state index in [9.17, 15) is 0 Å². The molecule has 0 bridgehead atoms. The van der Waals surface area contributed by atoms with Gasteiger partial charge in [0.25, 0.3) is 0 Å². The van der Waals surface area contributed by atoms with Crippen molar-refractivity contribution in [3.63, 3.8) is 0 Å². The zero-order valence-corrected chi connectivity index (χ0v) is 10.1. The Labute approximate surface area is 96.2 Å². The van der Waals surface area contributed by atoms with Crippen molar-refractivity contribution >= 4 is 0 Å². The average Bonchev–Trinajstić information content (AvgIpc) is 2.75. The highest BCUT2D eigenvalue weighted by atomic mass is 16.5. The van der Waals surface area contributed by atoms with Crippen molar-refractivity contribution in [3.05, 3.63) is 12.2 Å². The van der Waals surface area contributed by atoms with Gasteiger partial charge in [-0.15, -0.1) is 0 Å². The van der Waals surface area contributed by atoms with Crippen molar-refractivity contribution in [2.24, 2.45) is 0 Å². The van der Waals surface area contributed by atoms with Crippen LogP contribution < -0.4 is 5.32 Å². The van der Waals surface area contributed by atoms with Crippen LogP contribution in [-0.2, 0) is 17.8 Å². The minimum atomic E-state index is 0.0861. The molecule has 1 unspecified atom stereocenters. The Bertz CT molecular complexity index is 330. The van der Waals surface area contributed by atoms with E-state index >= 15 is 0 Å². The average molecular weight is 224 g/mol. The highest BCUT2D eigenvalue weighted by Crippen LogP contribution is 2.18. The number of ether oxygens (including phenoxy) is 1. The van der Waals surface area contributed by atoms with E-state index in [-0.39, 0.29) is 5.54 Å². The fraction of sp³-hybridized carbons (Fsp3) is 0.818. The summed E-state index contributed by atoms with van der Waals surface area (Å²) in [7, 11) is 0. The van der Waals surface area contributed by atoms with E-state index in [1.54, 1.807) is 6.33 Å². The Kier molecular flexibility index (Phi) is 3.56. The number of aryl methyl sites for hydroxylation is 1. The monoisotopic (exact) mass is 224 g/mol. The lowest BCUT2D eigenvalue weighted by Gasteiger charge is -2.34. The summed E-state index contributed by atoms with van der Waals surface area (Å²) in [6, 6.07) is 0. The van der Waals surface area contributed by atoms with Crippen LogP contribution in [0.3, 0.4) is 0 Å². The van der Waals surface area contributed by atoms with Gasteiger partial charge < -0.3 is 10.1 Å². The maximum atomic E-state index is 5.51. The first-order valence-corrected chi connectivity index (χ1v) is 5.93. The molecule has 0 aliphatic carbocycles. The first-order valence-electron chi connectivity index (χ1n) is 5.93. The molecule has 16 heavy (non-hydrogen) atoms. The van der Waals surface area contributed by atoms with Crippen LogP contribution in [0, 0.1) is 0 Å². The van der Waals surface area contributed by atoms with E-state index in [0.29, 0.717) is 0 Å². The molecule has 0 spiro atoms. The molecule has 0 radical (unpaired) electrons. The molecule has 0 aromatic carbocycles. The topological polar surface area (TPSA) is 52.0 Å². The second-order valence-electron chi connectivity index (χ2n) is 4.56. The van der Waals surface area contributed by atoms with Crippen LogP contribution in [-0.4, -0.2) is 33.5 Å².